The van der Waals surface area contributed by atoms with Crippen molar-refractivity contribution in [3.8, 4) is 0 Å². The van der Waals surface area contributed by atoms with Gasteiger partial charge in [0.2, 0.25) is 0 Å². The Morgan fingerprint density at radius 2 is 1.93 bits per heavy atom. The third kappa shape index (κ3) is 3.53. The van der Waals surface area contributed by atoms with E-state index in [-0.39, 0.29) is 6.61 Å². The van der Waals surface area contributed by atoms with E-state index in [1.54, 1.807) is 12.1 Å². The van der Waals surface area contributed by atoms with Crippen molar-refractivity contribution in [2.24, 2.45) is 0 Å². The van der Waals surface area contributed by atoms with Gasteiger partial charge in [0, 0.05) is 33.2 Å². The molecule has 27 heavy (non-hydrogen) atoms. The Morgan fingerprint density at radius 1 is 1.15 bits per heavy atom. The van der Waals surface area contributed by atoms with Crippen LogP contribution in [0.25, 0.3) is 21.9 Å². The molecule has 2 heterocycles. The quantitative estimate of drug-likeness (QED) is 0.380. The summed E-state index contributed by atoms with van der Waals surface area (Å²) in [5.41, 5.74) is 4.74. The largest absolute Gasteiger partial charge is 0.456 e. The molecule has 2 aromatic carbocycles. The number of benzene rings is 2. The molecule has 136 valence electrons. The highest BCUT2D eigenvalue weighted by molar-refractivity contribution is 9.10. The number of hydrogen-bond donors (Lipinski definition) is 1. The maximum atomic E-state index is 12.7. The van der Waals surface area contributed by atoms with Crippen molar-refractivity contribution < 1.29 is 14.0 Å². The fourth-order valence-corrected chi connectivity index (χ4v) is 3.63. The Morgan fingerprint density at radius 3 is 2.70 bits per heavy atom. The minimum atomic E-state index is -0.399. The van der Waals surface area contributed by atoms with Gasteiger partial charge in [0.15, 0.2) is 0 Å². The predicted molar refractivity (Wildman–Crippen MR) is 108 cm³/mol. The number of furan rings is 1. The molecule has 0 aliphatic heterocycles. The van der Waals surface area contributed by atoms with Crippen LogP contribution >= 0.6 is 39.1 Å². The van der Waals surface area contributed by atoms with E-state index in [4.69, 9.17) is 32.5 Å². The minimum Gasteiger partial charge on any atom is -0.456 e. The molecule has 1 N–H and O–H groups in total. The molecule has 0 saturated carbocycles. The fourth-order valence-electron chi connectivity index (χ4n) is 2.79. The summed E-state index contributed by atoms with van der Waals surface area (Å²) in [6.45, 7) is 0.0135. The Kier molecular flexibility index (Phi) is 5.06. The van der Waals surface area contributed by atoms with Crippen molar-refractivity contribution >= 4 is 67.0 Å². The Bertz CT molecular complexity index is 1160. The van der Waals surface area contributed by atoms with E-state index >= 15 is 0 Å². The van der Waals surface area contributed by atoms with Crippen LogP contribution in [-0.2, 0) is 11.4 Å². The molecule has 4 rings (SSSR count). The summed E-state index contributed by atoms with van der Waals surface area (Å²) < 4.78 is 6.71. The molecule has 1 amide bonds. The van der Waals surface area contributed by atoms with Gasteiger partial charge >= 0.3 is 0 Å². The molecule has 8 heteroatoms. The molecule has 0 aliphatic carbocycles. The van der Waals surface area contributed by atoms with Gasteiger partial charge in [-0.25, -0.2) is 5.48 Å². The van der Waals surface area contributed by atoms with Crippen LogP contribution in [0.2, 0.25) is 10.0 Å². The van der Waals surface area contributed by atoms with E-state index < -0.39 is 5.91 Å². The highest BCUT2D eigenvalue weighted by Gasteiger charge is 2.17. The van der Waals surface area contributed by atoms with Gasteiger partial charge < -0.3 is 4.42 Å². The van der Waals surface area contributed by atoms with Gasteiger partial charge in [-0.15, -0.1) is 0 Å². The number of fused-ring (bicyclic) bond motifs is 3. The van der Waals surface area contributed by atoms with Crippen LogP contribution in [-0.4, -0.2) is 10.9 Å². The molecule has 0 fully saturated rings. The molecule has 0 radical (unpaired) electrons. The second kappa shape index (κ2) is 7.48. The first-order valence-electron chi connectivity index (χ1n) is 7.85. The number of carbonyl (C=O) groups is 1. The summed E-state index contributed by atoms with van der Waals surface area (Å²) in [7, 11) is 0. The smallest absolute Gasteiger partial charge is 0.275 e. The van der Waals surface area contributed by atoms with Crippen LogP contribution in [0.4, 0.5) is 0 Å². The number of rotatable bonds is 4. The zero-order valence-corrected chi connectivity index (χ0v) is 16.7. The number of halogens is 3. The molecule has 0 aliphatic rings. The number of hydrogen-bond acceptors (Lipinski definition) is 4. The number of pyridine rings is 1. The number of aromatic nitrogens is 1. The third-order valence-corrected chi connectivity index (χ3v) is 5.18. The van der Waals surface area contributed by atoms with Crippen molar-refractivity contribution in [2.45, 2.75) is 6.61 Å². The van der Waals surface area contributed by atoms with Crippen molar-refractivity contribution in [3.05, 3.63) is 74.4 Å². The molecule has 5 nitrogen and oxygen atoms in total. The van der Waals surface area contributed by atoms with Crippen LogP contribution in [0.15, 0.2) is 57.7 Å². The predicted octanol–water partition coefficient (Wildman–Crippen LogP) is 5.91. The highest BCUT2D eigenvalue weighted by atomic mass is 79.9. The zero-order chi connectivity index (χ0) is 19.0. The first-order chi connectivity index (χ1) is 13.0. The summed E-state index contributed by atoms with van der Waals surface area (Å²) in [5.74, 6) is -0.399. The molecule has 0 atom stereocenters. The SMILES string of the molecule is O=C(NOCc1c(Cl)cncc1Cl)c1cccc2oc3ccc(Br)cc3c12. The zero-order valence-electron chi connectivity index (χ0n) is 13.6. The third-order valence-electron chi connectivity index (χ3n) is 4.04. The van der Waals surface area contributed by atoms with E-state index in [2.05, 4.69) is 26.4 Å². The van der Waals surface area contributed by atoms with Gasteiger partial charge in [-0.1, -0.05) is 45.2 Å². The molecular weight excluding hydrogens is 455 g/mol. The fraction of sp³-hybridized carbons (Fsp3) is 0.0526. The van der Waals surface area contributed by atoms with E-state index in [1.165, 1.54) is 12.4 Å². The lowest BCUT2D eigenvalue weighted by Gasteiger charge is -2.09. The second-order valence-corrected chi connectivity index (χ2v) is 7.45. The number of amides is 1. The number of nitrogens with zero attached hydrogens (tertiary/aromatic N) is 1. The maximum absolute atomic E-state index is 12.7. The normalized spacial score (nSPS) is 11.2. The monoisotopic (exact) mass is 464 g/mol. The summed E-state index contributed by atoms with van der Waals surface area (Å²) in [5, 5.41) is 2.29. The van der Waals surface area contributed by atoms with E-state index in [1.807, 2.05) is 24.3 Å². The summed E-state index contributed by atoms with van der Waals surface area (Å²) in [6.07, 6.45) is 2.92. The Balaban J connectivity index is 1.61. The molecular formula is C19H11BrCl2N2O3. The van der Waals surface area contributed by atoms with Gasteiger partial charge in [0.05, 0.1) is 15.6 Å². The average molecular weight is 466 g/mol. The Labute approximate surface area is 172 Å². The number of carbonyl (C=O) groups excluding carboxylic acids is 1. The van der Waals surface area contributed by atoms with Gasteiger partial charge in [-0.3, -0.25) is 14.6 Å². The lowest BCUT2D eigenvalue weighted by molar-refractivity contribution is 0.0235. The standard InChI is InChI=1S/C19H11BrCl2N2O3/c20-10-4-5-16-12(6-10)18-11(2-1-3-17(18)27-16)19(25)24-26-9-13-14(21)7-23-8-15(13)22/h1-8H,9H2,(H,24,25). The Hall–Kier alpha value is -2.12. The first-order valence-corrected chi connectivity index (χ1v) is 9.40. The van der Waals surface area contributed by atoms with Gasteiger partial charge in [0.25, 0.3) is 5.91 Å². The molecule has 0 unspecified atom stereocenters. The van der Waals surface area contributed by atoms with Gasteiger partial charge in [-0.2, -0.15) is 0 Å². The van der Waals surface area contributed by atoms with Crippen LogP contribution in [0.5, 0.6) is 0 Å². The average Bonchev–Trinajstić information content (AvgIpc) is 3.02. The molecule has 0 bridgehead atoms. The van der Waals surface area contributed by atoms with Crippen LogP contribution in [0, 0.1) is 0 Å². The van der Waals surface area contributed by atoms with Gasteiger partial charge in [0.1, 0.15) is 17.8 Å². The van der Waals surface area contributed by atoms with Crippen molar-refractivity contribution in [2.75, 3.05) is 0 Å². The molecule has 0 spiro atoms. The molecule has 4 aromatic rings. The van der Waals surface area contributed by atoms with Crippen LogP contribution in [0.3, 0.4) is 0 Å². The van der Waals surface area contributed by atoms with Gasteiger partial charge in [-0.05, 0) is 30.3 Å². The van der Waals surface area contributed by atoms with E-state index in [9.17, 15) is 4.79 Å². The van der Waals surface area contributed by atoms with Crippen molar-refractivity contribution in [1.29, 1.82) is 0 Å². The number of nitrogens with one attached hydrogen (secondary N) is 1. The van der Waals surface area contributed by atoms with E-state index in [0.717, 1.165) is 15.2 Å². The second-order valence-electron chi connectivity index (χ2n) is 5.72. The molecule has 2 aromatic heterocycles. The lowest BCUT2D eigenvalue weighted by Crippen LogP contribution is -2.23. The number of hydroxylamine groups is 1. The maximum Gasteiger partial charge on any atom is 0.275 e. The van der Waals surface area contributed by atoms with Crippen molar-refractivity contribution in [3.63, 3.8) is 0 Å². The lowest BCUT2D eigenvalue weighted by atomic mass is 10.1. The topological polar surface area (TPSA) is 64.4 Å². The van der Waals surface area contributed by atoms with E-state index in [0.29, 0.717) is 32.3 Å². The van der Waals surface area contributed by atoms with Crippen molar-refractivity contribution in [1.82, 2.24) is 10.5 Å². The summed E-state index contributed by atoms with van der Waals surface area (Å²) in [6, 6.07) is 10.9. The first kappa shape index (κ1) is 18.3. The molecule has 0 saturated heterocycles. The van der Waals surface area contributed by atoms with Crippen LogP contribution < -0.4 is 5.48 Å². The summed E-state index contributed by atoms with van der Waals surface area (Å²) in [4.78, 5) is 21.9. The highest BCUT2D eigenvalue weighted by Crippen LogP contribution is 2.33. The summed E-state index contributed by atoms with van der Waals surface area (Å²) >= 11 is 15.5. The van der Waals surface area contributed by atoms with Crippen LogP contribution in [0.1, 0.15) is 15.9 Å². The minimum absolute atomic E-state index is 0.0135.